The molecule has 116 valence electrons. The Morgan fingerprint density at radius 3 is 2.71 bits per heavy atom. The van der Waals surface area contributed by atoms with E-state index < -0.39 is 28.7 Å². The number of alkyl halides is 3. The number of aromatic nitrogens is 2. The molecule has 0 saturated heterocycles. The van der Waals surface area contributed by atoms with Gasteiger partial charge in [0.15, 0.2) is 10.2 Å². The van der Waals surface area contributed by atoms with Gasteiger partial charge in [-0.1, -0.05) is 17.7 Å². The Bertz CT molecular complexity index is 758. The molecule has 5 nitrogen and oxygen atoms in total. The maximum atomic E-state index is 12.3. The third-order valence-corrected chi connectivity index (χ3v) is 4.58. The number of hydrogen-bond acceptors (Lipinski definition) is 3. The molecule has 2 aromatic rings. The van der Waals surface area contributed by atoms with E-state index in [1.165, 1.54) is 16.7 Å². The summed E-state index contributed by atoms with van der Waals surface area (Å²) in [4.78, 5) is 3.85. The molecule has 0 radical (unpaired) electrons. The van der Waals surface area contributed by atoms with Crippen LogP contribution in [0.1, 0.15) is 13.3 Å². The highest BCUT2D eigenvalue weighted by Gasteiger charge is 2.33. The Kier molecular flexibility index (Phi) is 4.18. The number of halogens is 4. The standard InChI is InChI=1S/C11H11ClF3N3O2S/c1-7(6-11(13,14)15)17-21(19,20)10-9(12)16-8-4-2-3-5-18(8)10/h2-5,7,17H,6H2,1H3. The molecular weight excluding hydrogens is 331 g/mol. The van der Waals surface area contributed by atoms with E-state index in [0.29, 0.717) is 0 Å². The third-order valence-electron chi connectivity index (χ3n) is 2.59. The van der Waals surface area contributed by atoms with Crippen LogP contribution in [-0.2, 0) is 10.0 Å². The van der Waals surface area contributed by atoms with Crippen LogP contribution in [0.5, 0.6) is 0 Å². The number of nitrogens with zero attached hydrogens (tertiary/aromatic N) is 2. The van der Waals surface area contributed by atoms with Crippen molar-refractivity contribution in [3.05, 3.63) is 29.5 Å². The van der Waals surface area contributed by atoms with Gasteiger partial charge in [0.05, 0.1) is 6.42 Å². The lowest BCUT2D eigenvalue weighted by Gasteiger charge is -2.15. The van der Waals surface area contributed by atoms with Gasteiger partial charge < -0.3 is 0 Å². The number of fused-ring (bicyclic) bond motifs is 1. The zero-order chi connectivity index (χ0) is 15.8. The average Bonchev–Trinajstić information content (AvgIpc) is 2.61. The molecule has 0 aliphatic carbocycles. The molecule has 10 heteroatoms. The summed E-state index contributed by atoms with van der Waals surface area (Å²) in [5.74, 6) is 0. The third kappa shape index (κ3) is 3.66. The lowest BCUT2D eigenvalue weighted by Crippen LogP contribution is -2.36. The minimum Gasteiger partial charge on any atom is -0.288 e. The molecule has 1 N–H and O–H groups in total. The van der Waals surface area contributed by atoms with E-state index in [1.54, 1.807) is 12.1 Å². The van der Waals surface area contributed by atoms with E-state index in [4.69, 9.17) is 11.6 Å². The maximum absolute atomic E-state index is 12.3. The predicted molar refractivity (Wildman–Crippen MR) is 70.7 cm³/mol. The number of pyridine rings is 1. The minimum absolute atomic E-state index is 0.284. The summed E-state index contributed by atoms with van der Waals surface area (Å²) >= 11 is 5.80. The predicted octanol–water partition coefficient (Wildman–Crippen LogP) is 2.61. The summed E-state index contributed by atoms with van der Waals surface area (Å²) in [6.45, 7) is 1.13. The molecule has 0 saturated carbocycles. The van der Waals surface area contributed by atoms with Crippen molar-refractivity contribution in [2.45, 2.75) is 30.6 Å². The van der Waals surface area contributed by atoms with Crippen LogP contribution in [0.25, 0.3) is 5.65 Å². The zero-order valence-electron chi connectivity index (χ0n) is 10.7. The van der Waals surface area contributed by atoms with Crippen LogP contribution < -0.4 is 4.72 Å². The van der Waals surface area contributed by atoms with Gasteiger partial charge in [-0.05, 0) is 19.1 Å². The van der Waals surface area contributed by atoms with Crippen LogP contribution in [0, 0.1) is 0 Å². The van der Waals surface area contributed by atoms with Crippen LogP contribution >= 0.6 is 11.6 Å². The van der Waals surface area contributed by atoms with Crippen LogP contribution in [0.3, 0.4) is 0 Å². The highest BCUT2D eigenvalue weighted by atomic mass is 35.5. The van der Waals surface area contributed by atoms with Gasteiger partial charge in [-0.3, -0.25) is 4.40 Å². The molecule has 2 rings (SSSR count). The fourth-order valence-corrected chi connectivity index (χ4v) is 3.78. The second-order valence-corrected chi connectivity index (χ2v) is 6.47. The molecule has 1 unspecified atom stereocenters. The minimum atomic E-state index is -4.47. The van der Waals surface area contributed by atoms with Gasteiger partial charge in [-0.15, -0.1) is 0 Å². The van der Waals surface area contributed by atoms with Gasteiger partial charge in [-0.25, -0.2) is 18.1 Å². The van der Waals surface area contributed by atoms with Gasteiger partial charge in [0.25, 0.3) is 10.0 Å². The van der Waals surface area contributed by atoms with Crippen LogP contribution in [-0.4, -0.2) is 30.0 Å². The molecule has 0 amide bonds. The van der Waals surface area contributed by atoms with Gasteiger partial charge in [0.1, 0.15) is 5.65 Å². The van der Waals surface area contributed by atoms with Crippen molar-refractivity contribution in [1.82, 2.24) is 14.1 Å². The smallest absolute Gasteiger partial charge is 0.288 e. The topological polar surface area (TPSA) is 63.5 Å². The summed E-state index contributed by atoms with van der Waals surface area (Å²) in [7, 11) is -4.23. The van der Waals surface area contributed by atoms with E-state index in [9.17, 15) is 21.6 Å². The van der Waals surface area contributed by atoms with Crippen LogP contribution in [0.2, 0.25) is 5.15 Å². The Hall–Kier alpha value is -1.32. The van der Waals surface area contributed by atoms with Crippen molar-refractivity contribution in [2.24, 2.45) is 0 Å². The fourth-order valence-electron chi connectivity index (χ4n) is 1.89. The van der Waals surface area contributed by atoms with Crippen LogP contribution in [0.15, 0.2) is 29.4 Å². The molecular formula is C11H11ClF3N3O2S. The largest absolute Gasteiger partial charge is 0.390 e. The molecule has 21 heavy (non-hydrogen) atoms. The first-order valence-electron chi connectivity index (χ1n) is 5.82. The molecule has 0 aliphatic heterocycles. The van der Waals surface area contributed by atoms with Crippen molar-refractivity contribution < 1.29 is 21.6 Å². The second-order valence-electron chi connectivity index (χ2n) is 4.48. The van der Waals surface area contributed by atoms with Crippen molar-refractivity contribution >= 4 is 27.3 Å². The van der Waals surface area contributed by atoms with Crippen molar-refractivity contribution in [3.63, 3.8) is 0 Å². The summed E-state index contributed by atoms with van der Waals surface area (Å²) in [5, 5.41) is -0.679. The lowest BCUT2D eigenvalue weighted by atomic mass is 10.2. The van der Waals surface area contributed by atoms with Gasteiger partial charge in [0, 0.05) is 12.2 Å². The summed E-state index contributed by atoms with van der Waals surface area (Å²) in [5.41, 5.74) is 0.284. The first-order valence-corrected chi connectivity index (χ1v) is 7.68. The normalized spacial score (nSPS) is 14.5. The van der Waals surface area contributed by atoms with Gasteiger partial charge in [0.2, 0.25) is 0 Å². The van der Waals surface area contributed by atoms with E-state index in [-0.39, 0.29) is 15.8 Å². The molecule has 0 spiro atoms. The fraction of sp³-hybridized carbons (Fsp3) is 0.364. The zero-order valence-corrected chi connectivity index (χ0v) is 12.3. The van der Waals surface area contributed by atoms with Crippen molar-refractivity contribution in [1.29, 1.82) is 0 Å². The number of imidazole rings is 1. The Balaban J connectivity index is 2.36. The average molecular weight is 342 g/mol. The Labute approximate surface area is 123 Å². The van der Waals surface area contributed by atoms with Gasteiger partial charge >= 0.3 is 6.18 Å². The molecule has 0 aliphatic rings. The number of hydrogen-bond donors (Lipinski definition) is 1. The number of nitrogens with one attached hydrogen (secondary N) is 1. The summed E-state index contributed by atoms with van der Waals surface area (Å²) in [6, 6.07) is 3.41. The first-order chi connectivity index (χ1) is 9.60. The number of sulfonamides is 1. The molecule has 2 aromatic heterocycles. The second kappa shape index (κ2) is 5.47. The molecule has 1 atom stereocenters. The Morgan fingerprint density at radius 1 is 1.43 bits per heavy atom. The molecule has 0 fully saturated rings. The molecule has 0 bridgehead atoms. The van der Waals surface area contributed by atoms with E-state index in [2.05, 4.69) is 4.98 Å². The van der Waals surface area contributed by atoms with Crippen molar-refractivity contribution in [2.75, 3.05) is 0 Å². The maximum Gasteiger partial charge on any atom is 0.390 e. The molecule has 2 heterocycles. The summed E-state index contributed by atoms with van der Waals surface area (Å²) < 4.78 is 64.4. The lowest BCUT2D eigenvalue weighted by molar-refractivity contribution is -0.137. The van der Waals surface area contributed by atoms with E-state index in [0.717, 1.165) is 6.92 Å². The van der Waals surface area contributed by atoms with E-state index in [1.807, 2.05) is 4.72 Å². The van der Waals surface area contributed by atoms with Crippen molar-refractivity contribution in [3.8, 4) is 0 Å². The van der Waals surface area contributed by atoms with E-state index >= 15 is 0 Å². The highest BCUT2D eigenvalue weighted by Crippen LogP contribution is 2.25. The summed E-state index contributed by atoms with van der Waals surface area (Å²) in [6.07, 6.45) is -4.33. The highest BCUT2D eigenvalue weighted by molar-refractivity contribution is 7.89. The SMILES string of the molecule is CC(CC(F)(F)F)NS(=O)(=O)c1c(Cl)nc2ccccn12. The first kappa shape index (κ1) is 16.1. The van der Waals surface area contributed by atoms with Crippen LogP contribution in [0.4, 0.5) is 13.2 Å². The Morgan fingerprint density at radius 2 is 2.10 bits per heavy atom. The quantitative estimate of drug-likeness (QED) is 0.929. The van der Waals surface area contributed by atoms with Gasteiger partial charge in [-0.2, -0.15) is 13.2 Å². The monoisotopic (exact) mass is 341 g/mol. The molecule has 0 aromatic carbocycles. The number of rotatable bonds is 4.